The van der Waals surface area contributed by atoms with E-state index in [0.29, 0.717) is 17.8 Å². The summed E-state index contributed by atoms with van der Waals surface area (Å²) >= 11 is 2.26. The molecular weight excluding hydrogens is 395 g/mol. The van der Waals surface area contributed by atoms with Crippen LogP contribution in [0.4, 0.5) is 13.2 Å². The second-order valence-electron chi connectivity index (χ2n) is 5.82. The molecule has 0 aliphatic carbocycles. The maximum atomic E-state index is 13.3. The molecule has 1 aromatic carbocycles. The summed E-state index contributed by atoms with van der Waals surface area (Å²) in [5.41, 5.74) is 1.53. The molecule has 0 aliphatic heterocycles. The van der Waals surface area contributed by atoms with Crippen molar-refractivity contribution in [2.24, 2.45) is 0 Å². The van der Waals surface area contributed by atoms with E-state index in [2.05, 4.69) is 9.97 Å². The second kappa shape index (κ2) is 6.90. The molecule has 27 heavy (non-hydrogen) atoms. The van der Waals surface area contributed by atoms with Gasteiger partial charge in [-0.05, 0) is 0 Å². The van der Waals surface area contributed by atoms with Gasteiger partial charge in [-0.3, -0.25) is 9.36 Å². The lowest BCUT2D eigenvalue weighted by Crippen LogP contribution is -2.25. The average Bonchev–Trinajstić information content (AvgIpc) is 3.30. The molecule has 4 nitrogen and oxygen atoms in total. The van der Waals surface area contributed by atoms with Crippen LogP contribution >= 0.6 is 22.7 Å². The highest BCUT2D eigenvalue weighted by Crippen LogP contribution is 2.37. The van der Waals surface area contributed by atoms with Gasteiger partial charge in [-0.25, -0.2) is 9.97 Å². The minimum absolute atomic E-state index is 0.0936. The third kappa shape index (κ3) is 3.40. The number of hydrogen-bond acceptors (Lipinski definition) is 5. The summed E-state index contributed by atoms with van der Waals surface area (Å²) in [6.45, 7) is 0.197. The predicted molar refractivity (Wildman–Crippen MR) is 100 cm³/mol. The first-order valence-electron chi connectivity index (χ1n) is 7.97. The Morgan fingerprint density at radius 3 is 2.56 bits per heavy atom. The van der Waals surface area contributed by atoms with Crippen LogP contribution < -0.4 is 5.56 Å². The topological polar surface area (TPSA) is 47.8 Å². The van der Waals surface area contributed by atoms with Gasteiger partial charge in [0.25, 0.3) is 5.56 Å². The fourth-order valence-corrected chi connectivity index (χ4v) is 4.36. The van der Waals surface area contributed by atoms with Crippen LogP contribution in [0.15, 0.2) is 51.4 Å². The Hall–Kier alpha value is -2.52. The molecule has 0 spiro atoms. The summed E-state index contributed by atoms with van der Waals surface area (Å²) in [6, 6.07) is 8.99. The van der Waals surface area contributed by atoms with E-state index in [-0.39, 0.29) is 16.8 Å². The Bertz CT molecular complexity index is 1130. The van der Waals surface area contributed by atoms with Crippen molar-refractivity contribution in [2.45, 2.75) is 19.1 Å². The third-order valence-electron chi connectivity index (χ3n) is 4.11. The molecule has 3 heterocycles. The Labute approximate surface area is 159 Å². The first-order valence-corrected chi connectivity index (χ1v) is 9.79. The third-order valence-corrected chi connectivity index (χ3v) is 5.61. The van der Waals surface area contributed by atoms with Crippen molar-refractivity contribution in [1.82, 2.24) is 14.5 Å². The predicted octanol–water partition coefficient (Wildman–Crippen LogP) is 4.84. The number of fused-ring (bicyclic) bond motifs is 1. The highest BCUT2D eigenvalue weighted by molar-refractivity contribution is 7.16. The van der Waals surface area contributed by atoms with Crippen molar-refractivity contribution in [1.29, 1.82) is 0 Å². The van der Waals surface area contributed by atoms with Crippen LogP contribution in [-0.2, 0) is 19.1 Å². The van der Waals surface area contributed by atoms with Crippen molar-refractivity contribution in [3.63, 3.8) is 0 Å². The summed E-state index contributed by atoms with van der Waals surface area (Å²) in [5.74, 6) is 0.360. The van der Waals surface area contributed by atoms with E-state index in [9.17, 15) is 18.0 Å². The van der Waals surface area contributed by atoms with Crippen LogP contribution in [0, 0.1) is 0 Å². The number of nitrogens with zero attached hydrogens (tertiary/aromatic N) is 3. The van der Waals surface area contributed by atoms with Crippen molar-refractivity contribution < 1.29 is 13.2 Å². The van der Waals surface area contributed by atoms with E-state index in [1.165, 1.54) is 15.9 Å². The van der Waals surface area contributed by atoms with Crippen LogP contribution in [0.25, 0.3) is 21.6 Å². The lowest BCUT2D eigenvalue weighted by atomic mass is 10.2. The summed E-state index contributed by atoms with van der Waals surface area (Å²) in [6.07, 6.45) is -4.16. The summed E-state index contributed by atoms with van der Waals surface area (Å²) in [5, 5.41) is 2.44. The van der Waals surface area contributed by atoms with Crippen molar-refractivity contribution in [3.05, 3.63) is 68.2 Å². The molecule has 0 aliphatic rings. The molecule has 4 rings (SSSR count). The van der Waals surface area contributed by atoms with Crippen molar-refractivity contribution in [2.75, 3.05) is 0 Å². The van der Waals surface area contributed by atoms with E-state index in [0.717, 1.165) is 22.4 Å². The molecule has 138 valence electrons. The Morgan fingerprint density at radius 2 is 1.89 bits per heavy atom. The van der Waals surface area contributed by atoms with Crippen LogP contribution in [-0.4, -0.2) is 14.5 Å². The zero-order chi connectivity index (χ0) is 19.0. The number of alkyl halides is 3. The van der Waals surface area contributed by atoms with E-state index in [4.69, 9.17) is 0 Å². The Balaban J connectivity index is 1.92. The number of aryl methyl sites for hydroxylation is 1. The molecule has 0 bridgehead atoms. The van der Waals surface area contributed by atoms with Gasteiger partial charge in [0.1, 0.15) is 10.7 Å². The average molecular weight is 407 g/mol. The number of halogens is 3. The van der Waals surface area contributed by atoms with Gasteiger partial charge in [0, 0.05) is 29.3 Å². The number of thiazole rings is 1. The smallest absolute Gasteiger partial charge is 0.292 e. The standard InChI is InChI=1S/C18H12F3N3OS2/c19-18(20,21)13-9-27-16-14(13)17(25)24(7-6-12-8-26-10-22-12)15(23-16)11-4-2-1-3-5-11/h1-5,8-10H,6-7H2. The summed E-state index contributed by atoms with van der Waals surface area (Å²) in [4.78, 5) is 21.7. The van der Waals surface area contributed by atoms with Crippen LogP contribution in [0.3, 0.4) is 0 Å². The van der Waals surface area contributed by atoms with Gasteiger partial charge in [-0.2, -0.15) is 13.2 Å². The van der Waals surface area contributed by atoms with Gasteiger partial charge in [0.05, 0.1) is 22.2 Å². The maximum absolute atomic E-state index is 13.3. The van der Waals surface area contributed by atoms with E-state index in [1.54, 1.807) is 29.8 Å². The number of rotatable bonds is 4. The molecule has 3 aromatic heterocycles. The first-order chi connectivity index (χ1) is 12.9. The Kier molecular flexibility index (Phi) is 4.56. The number of benzene rings is 1. The summed E-state index contributed by atoms with van der Waals surface area (Å²) in [7, 11) is 0. The molecule has 0 radical (unpaired) electrons. The molecule has 0 amide bonds. The zero-order valence-corrected chi connectivity index (χ0v) is 15.4. The normalized spacial score (nSPS) is 12.0. The van der Waals surface area contributed by atoms with Gasteiger partial charge < -0.3 is 0 Å². The quantitative estimate of drug-likeness (QED) is 0.486. The lowest BCUT2D eigenvalue weighted by molar-refractivity contribution is -0.136. The molecule has 0 saturated carbocycles. The maximum Gasteiger partial charge on any atom is 0.418 e. The second-order valence-corrected chi connectivity index (χ2v) is 7.39. The first kappa shape index (κ1) is 17.9. The number of aromatic nitrogens is 3. The molecule has 0 N–H and O–H groups in total. The Morgan fingerprint density at radius 1 is 1.11 bits per heavy atom. The molecule has 0 fully saturated rings. The van der Waals surface area contributed by atoms with Gasteiger partial charge in [0.15, 0.2) is 0 Å². The SMILES string of the molecule is O=c1c2c(C(F)(F)F)csc2nc(-c2ccccc2)n1CCc1cscn1. The van der Waals surface area contributed by atoms with Crippen molar-refractivity contribution in [3.8, 4) is 11.4 Å². The summed E-state index contributed by atoms with van der Waals surface area (Å²) < 4.78 is 41.3. The monoisotopic (exact) mass is 407 g/mol. The van der Waals surface area contributed by atoms with E-state index >= 15 is 0 Å². The van der Waals surface area contributed by atoms with Crippen LogP contribution in [0.5, 0.6) is 0 Å². The molecule has 0 saturated heterocycles. The lowest BCUT2D eigenvalue weighted by Gasteiger charge is -2.13. The molecular formula is C18H12F3N3OS2. The highest BCUT2D eigenvalue weighted by atomic mass is 32.1. The number of thiophene rings is 1. The van der Waals surface area contributed by atoms with Crippen LogP contribution in [0.1, 0.15) is 11.3 Å². The van der Waals surface area contributed by atoms with E-state index < -0.39 is 17.3 Å². The molecule has 9 heteroatoms. The minimum atomic E-state index is -4.60. The van der Waals surface area contributed by atoms with Gasteiger partial charge in [-0.1, -0.05) is 30.3 Å². The largest absolute Gasteiger partial charge is 0.418 e. The highest BCUT2D eigenvalue weighted by Gasteiger charge is 2.35. The van der Waals surface area contributed by atoms with Gasteiger partial charge in [-0.15, -0.1) is 22.7 Å². The fraction of sp³-hybridized carbons (Fsp3) is 0.167. The zero-order valence-electron chi connectivity index (χ0n) is 13.7. The van der Waals surface area contributed by atoms with Crippen LogP contribution in [0.2, 0.25) is 0 Å². The fourth-order valence-electron chi connectivity index (χ4n) is 2.84. The van der Waals surface area contributed by atoms with Gasteiger partial charge >= 0.3 is 6.18 Å². The number of hydrogen-bond donors (Lipinski definition) is 0. The van der Waals surface area contributed by atoms with Crippen molar-refractivity contribution >= 4 is 32.9 Å². The molecule has 0 atom stereocenters. The van der Waals surface area contributed by atoms with Gasteiger partial charge in [0.2, 0.25) is 0 Å². The minimum Gasteiger partial charge on any atom is -0.292 e. The molecule has 0 unspecified atom stereocenters. The van der Waals surface area contributed by atoms with E-state index in [1.807, 2.05) is 11.4 Å². The molecule has 4 aromatic rings.